The third-order valence-corrected chi connectivity index (χ3v) is 7.24. The molecule has 37 heavy (non-hydrogen) atoms. The van der Waals surface area contributed by atoms with E-state index in [-0.39, 0.29) is 23.3 Å². The molecule has 190 valence electrons. The molecule has 0 unspecified atom stereocenters. The summed E-state index contributed by atoms with van der Waals surface area (Å²) in [7, 11) is 0. The van der Waals surface area contributed by atoms with Crippen molar-refractivity contribution in [2.45, 2.75) is 25.8 Å². The molecule has 0 saturated carbocycles. The second kappa shape index (κ2) is 10.4. The van der Waals surface area contributed by atoms with Gasteiger partial charge in [0.15, 0.2) is 0 Å². The number of para-hydroxylation sites is 1. The SMILES string of the molecule is CCn1cc([C@H](CC(=O)N2CCN(c3ccc([N+](=O)[O-])cc3)CC2)c2ccc(F)cc2)c2ccccc21. The van der Waals surface area contributed by atoms with Gasteiger partial charge in [-0.15, -0.1) is 0 Å². The van der Waals surface area contributed by atoms with Crippen molar-refractivity contribution in [1.29, 1.82) is 0 Å². The van der Waals surface area contributed by atoms with E-state index in [1.807, 2.05) is 17.0 Å². The summed E-state index contributed by atoms with van der Waals surface area (Å²) in [5.74, 6) is -0.434. The quantitative estimate of drug-likeness (QED) is 0.245. The molecule has 1 saturated heterocycles. The van der Waals surface area contributed by atoms with Gasteiger partial charge in [0.05, 0.1) is 4.92 Å². The highest BCUT2D eigenvalue weighted by Crippen LogP contribution is 2.35. The largest absolute Gasteiger partial charge is 0.368 e. The van der Waals surface area contributed by atoms with E-state index in [1.54, 1.807) is 24.3 Å². The Morgan fingerprint density at radius 2 is 1.65 bits per heavy atom. The van der Waals surface area contributed by atoms with E-state index in [0.717, 1.165) is 34.3 Å². The van der Waals surface area contributed by atoms with Gasteiger partial charge in [-0.05, 0) is 48.4 Å². The van der Waals surface area contributed by atoms with Crippen molar-refractivity contribution in [2.75, 3.05) is 31.1 Å². The van der Waals surface area contributed by atoms with Crippen LogP contribution < -0.4 is 4.90 Å². The zero-order valence-electron chi connectivity index (χ0n) is 20.7. The van der Waals surface area contributed by atoms with Crippen LogP contribution in [0.2, 0.25) is 0 Å². The Labute approximate surface area is 214 Å². The van der Waals surface area contributed by atoms with Gasteiger partial charge in [0.1, 0.15) is 5.82 Å². The number of hydrogen-bond donors (Lipinski definition) is 0. The van der Waals surface area contributed by atoms with Gasteiger partial charge in [-0.2, -0.15) is 0 Å². The van der Waals surface area contributed by atoms with Crippen LogP contribution in [-0.2, 0) is 11.3 Å². The van der Waals surface area contributed by atoms with Gasteiger partial charge in [0.2, 0.25) is 5.91 Å². The van der Waals surface area contributed by atoms with E-state index >= 15 is 0 Å². The van der Waals surface area contributed by atoms with E-state index in [2.05, 4.69) is 34.7 Å². The fraction of sp³-hybridized carbons (Fsp3) is 0.276. The van der Waals surface area contributed by atoms with Gasteiger partial charge in [0.25, 0.3) is 5.69 Å². The first-order valence-corrected chi connectivity index (χ1v) is 12.5. The van der Waals surface area contributed by atoms with Crippen LogP contribution in [0.4, 0.5) is 15.8 Å². The summed E-state index contributed by atoms with van der Waals surface area (Å²) in [4.78, 5) is 28.1. The molecule has 2 heterocycles. The van der Waals surface area contributed by atoms with Crippen molar-refractivity contribution in [2.24, 2.45) is 0 Å². The minimum absolute atomic E-state index is 0.0611. The van der Waals surface area contributed by atoms with Gasteiger partial charge in [-0.1, -0.05) is 30.3 Å². The predicted molar refractivity (Wildman–Crippen MR) is 142 cm³/mol. The number of amides is 1. The zero-order valence-corrected chi connectivity index (χ0v) is 20.7. The second-order valence-electron chi connectivity index (χ2n) is 9.34. The highest BCUT2D eigenvalue weighted by Gasteiger charge is 2.27. The van der Waals surface area contributed by atoms with Crippen LogP contribution in [0.5, 0.6) is 0 Å². The number of aromatic nitrogens is 1. The lowest BCUT2D eigenvalue weighted by molar-refractivity contribution is -0.384. The van der Waals surface area contributed by atoms with Gasteiger partial charge >= 0.3 is 0 Å². The van der Waals surface area contributed by atoms with Crippen LogP contribution in [0.25, 0.3) is 10.9 Å². The van der Waals surface area contributed by atoms with Crippen molar-refractivity contribution in [1.82, 2.24) is 9.47 Å². The number of hydrogen-bond acceptors (Lipinski definition) is 4. The molecule has 1 aliphatic heterocycles. The van der Waals surface area contributed by atoms with Crippen LogP contribution >= 0.6 is 0 Å². The molecule has 1 amide bonds. The number of nitrogens with zero attached hydrogens (tertiary/aromatic N) is 4. The summed E-state index contributed by atoms with van der Waals surface area (Å²) in [6.45, 7) is 5.36. The second-order valence-corrected chi connectivity index (χ2v) is 9.34. The molecule has 0 aliphatic carbocycles. The number of aryl methyl sites for hydroxylation is 1. The number of fused-ring (bicyclic) bond motifs is 1. The summed E-state index contributed by atoms with van der Waals surface area (Å²) >= 11 is 0. The Bertz CT molecular complexity index is 1410. The smallest absolute Gasteiger partial charge is 0.269 e. The Balaban J connectivity index is 1.35. The molecule has 0 spiro atoms. The predicted octanol–water partition coefficient (Wildman–Crippen LogP) is 5.58. The zero-order chi connectivity index (χ0) is 25.9. The fourth-order valence-electron chi connectivity index (χ4n) is 5.22. The molecule has 3 aromatic carbocycles. The minimum atomic E-state index is -0.407. The van der Waals surface area contributed by atoms with Gasteiger partial charge < -0.3 is 14.4 Å². The van der Waals surface area contributed by atoms with E-state index in [9.17, 15) is 19.3 Å². The molecule has 0 radical (unpaired) electrons. The fourth-order valence-corrected chi connectivity index (χ4v) is 5.22. The third kappa shape index (κ3) is 5.05. The number of nitro groups is 1. The minimum Gasteiger partial charge on any atom is -0.368 e. The number of non-ortho nitro benzene ring substituents is 1. The molecule has 1 fully saturated rings. The van der Waals surface area contributed by atoms with E-state index in [1.165, 1.54) is 24.3 Å². The summed E-state index contributed by atoms with van der Waals surface area (Å²) in [5.41, 5.74) is 4.08. The van der Waals surface area contributed by atoms with Crippen LogP contribution in [0.3, 0.4) is 0 Å². The number of carbonyl (C=O) groups is 1. The average Bonchev–Trinajstić information content (AvgIpc) is 3.31. The molecule has 8 heteroatoms. The Kier molecular flexibility index (Phi) is 6.90. The Morgan fingerprint density at radius 1 is 0.973 bits per heavy atom. The third-order valence-electron chi connectivity index (χ3n) is 7.24. The highest BCUT2D eigenvalue weighted by atomic mass is 19.1. The molecule has 7 nitrogen and oxygen atoms in total. The first-order chi connectivity index (χ1) is 17.9. The maximum atomic E-state index is 13.7. The monoisotopic (exact) mass is 500 g/mol. The first-order valence-electron chi connectivity index (χ1n) is 12.5. The van der Waals surface area contributed by atoms with E-state index in [0.29, 0.717) is 32.6 Å². The van der Waals surface area contributed by atoms with Gasteiger partial charge in [-0.25, -0.2) is 4.39 Å². The molecule has 4 aromatic rings. The van der Waals surface area contributed by atoms with Crippen molar-refractivity contribution in [3.8, 4) is 0 Å². The maximum absolute atomic E-state index is 13.7. The summed E-state index contributed by atoms with van der Waals surface area (Å²) < 4.78 is 15.9. The van der Waals surface area contributed by atoms with Gasteiger partial charge in [0, 0.05) is 80.0 Å². The van der Waals surface area contributed by atoms with Crippen LogP contribution in [0, 0.1) is 15.9 Å². The normalized spacial score (nSPS) is 14.6. The number of benzene rings is 3. The lowest BCUT2D eigenvalue weighted by Crippen LogP contribution is -2.49. The maximum Gasteiger partial charge on any atom is 0.269 e. The topological polar surface area (TPSA) is 71.6 Å². The molecular formula is C29H29FN4O3. The number of carbonyl (C=O) groups excluding carboxylic acids is 1. The molecule has 1 aromatic heterocycles. The van der Waals surface area contributed by atoms with Crippen LogP contribution in [0.1, 0.15) is 30.4 Å². The van der Waals surface area contributed by atoms with Crippen molar-refractivity contribution in [3.05, 3.63) is 106 Å². The number of piperazine rings is 1. The molecule has 0 bridgehead atoms. The highest BCUT2D eigenvalue weighted by molar-refractivity contribution is 5.86. The van der Waals surface area contributed by atoms with E-state index < -0.39 is 4.92 Å². The number of anilines is 1. The lowest BCUT2D eigenvalue weighted by Gasteiger charge is -2.36. The lowest BCUT2D eigenvalue weighted by atomic mass is 9.87. The standard InChI is InChI=1S/C29H29FN4O3/c1-2-31-20-27(25-5-3-4-6-28(25)31)26(21-7-9-22(30)10-8-21)19-29(35)33-17-15-32(16-18-33)23-11-13-24(14-12-23)34(36)37/h3-14,20,26H,2,15-19H2,1H3/t26-/m1/s1. The summed E-state index contributed by atoms with van der Waals surface area (Å²) in [6, 6.07) is 21.2. The van der Waals surface area contributed by atoms with Crippen molar-refractivity contribution >= 4 is 28.2 Å². The number of rotatable bonds is 7. The van der Waals surface area contributed by atoms with Crippen LogP contribution in [0.15, 0.2) is 79.0 Å². The van der Waals surface area contributed by atoms with Crippen LogP contribution in [-0.4, -0.2) is 46.5 Å². The molecule has 1 atom stereocenters. The molecule has 5 rings (SSSR count). The molecule has 1 aliphatic rings. The number of halogens is 1. The summed E-state index contributed by atoms with van der Waals surface area (Å²) in [5, 5.41) is 12.0. The van der Waals surface area contributed by atoms with Crippen molar-refractivity contribution in [3.63, 3.8) is 0 Å². The number of nitro benzene ring substituents is 1. The van der Waals surface area contributed by atoms with Crippen molar-refractivity contribution < 1.29 is 14.1 Å². The Hall–Kier alpha value is -4.20. The first kappa shape index (κ1) is 24.5. The summed E-state index contributed by atoms with van der Waals surface area (Å²) in [6.07, 6.45) is 2.42. The van der Waals surface area contributed by atoms with Gasteiger partial charge in [-0.3, -0.25) is 14.9 Å². The molecular weight excluding hydrogens is 471 g/mol. The Morgan fingerprint density at radius 3 is 2.30 bits per heavy atom. The average molecular weight is 501 g/mol. The van der Waals surface area contributed by atoms with E-state index in [4.69, 9.17) is 0 Å². The molecule has 0 N–H and O–H groups in total.